The molecule has 1 unspecified atom stereocenters. The fraction of sp³-hybridized carbons (Fsp3) is 0.294. The summed E-state index contributed by atoms with van der Waals surface area (Å²) in [5, 5.41) is 11.3. The molecule has 0 saturated heterocycles. The van der Waals surface area contributed by atoms with Crippen LogP contribution >= 0.6 is 35.0 Å². The fourth-order valence-corrected chi connectivity index (χ4v) is 3.90. The van der Waals surface area contributed by atoms with Crippen LogP contribution in [0.3, 0.4) is 0 Å². The molecule has 3 nitrogen and oxygen atoms in total. The summed E-state index contributed by atoms with van der Waals surface area (Å²) in [5.74, 6) is 0.711. The van der Waals surface area contributed by atoms with Crippen molar-refractivity contribution in [1.82, 2.24) is 4.98 Å². The lowest BCUT2D eigenvalue weighted by atomic mass is 10.0. The molecule has 1 aromatic carbocycles. The molecule has 2 aromatic rings. The van der Waals surface area contributed by atoms with Crippen molar-refractivity contribution in [2.45, 2.75) is 23.7 Å². The molecule has 1 N–H and O–H groups in total. The summed E-state index contributed by atoms with van der Waals surface area (Å²) in [6, 6.07) is 9.88. The third kappa shape index (κ3) is 3.81. The number of hydrogen-bond acceptors (Lipinski definition) is 3. The van der Waals surface area contributed by atoms with E-state index in [0.717, 1.165) is 35.8 Å². The van der Waals surface area contributed by atoms with E-state index in [9.17, 15) is 5.26 Å². The van der Waals surface area contributed by atoms with Gasteiger partial charge in [0.05, 0.1) is 34.9 Å². The van der Waals surface area contributed by atoms with Gasteiger partial charge >= 0.3 is 0 Å². The second-order valence-electron chi connectivity index (χ2n) is 5.73. The Bertz CT molecular complexity index is 786. The average Bonchev–Trinajstić information content (AvgIpc) is 2.55. The molecule has 6 heteroatoms. The molecule has 3 rings (SSSR count). The van der Waals surface area contributed by atoms with Crippen molar-refractivity contribution in [2.24, 2.45) is 0 Å². The number of rotatable bonds is 3. The zero-order valence-corrected chi connectivity index (χ0v) is 15.0. The maximum atomic E-state index is 9.41. The summed E-state index contributed by atoms with van der Waals surface area (Å²) in [5.41, 5.74) is 4.05. The highest BCUT2D eigenvalue weighted by molar-refractivity contribution is 7.98. The molecule has 0 saturated carbocycles. The molecule has 0 fully saturated rings. The van der Waals surface area contributed by atoms with Crippen LogP contribution < -0.4 is 4.90 Å². The van der Waals surface area contributed by atoms with Gasteiger partial charge < -0.3 is 4.90 Å². The summed E-state index contributed by atoms with van der Waals surface area (Å²) in [6.07, 6.45) is 0.965. The van der Waals surface area contributed by atoms with E-state index in [2.05, 4.69) is 13.1 Å². The van der Waals surface area contributed by atoms with Crippen molar-refractivity contribution in [3.8, 4) is 6.07 Å². The van der Waals surface area contributed by atoms with Crippen molar-refractivity contribution < 1.29 is 4.90 Å². The minimum absolute atomic E-state index is 0.551. The Morgan fingerprint density at radius 1 is 1.30 bits per heavy atom. The van der Waals surface area contributed by atoms with Crippen LogP contribution in [0.4, 0.5) is 0 Å². The quantitative estimate of drug-likeness (QED) is 0.850. The van der Waals surface area contributed by atoms with E-state index < -0.39 is 0 Å². The predicted molar refractivity (Wildman–Crippen MR) is 94.1 cm³/mol. The molecule has 23 heavy (non-hydrogen) atoms. The molecular formula is C17H16Cl2N3S+. The molecule has 1 aromatic heterocycles. The van der Waals surface area contributed by atoms with Gasteiger partial charge in [0, 0.05) is 17.7 Å². The first-order valence-electron chi connectivity index (χ1n) is 7.37. The smallest absolute Gasteiger partial charge is 0.114 e. The van der Waals surface area contributed by atoms with Crippen molar-refractivity contribution in [1.29, 1.82) is 5.26 Å². The summed E-state index contributed by atoms with van der Waals surface area (Å²) < 4.78 is 0. The predicted octanol–water partition coefficient (Wildman–Crippen LogP) is 3.12. The zero-order valence-electron chi connectivity index (χ0n) is 12.7. The zero-order chi connectivity index (χ0) is 16.4. The molecule has 0 aliphatic carbocycles. The lowest BCUT2D eigenvalue weighted by Crippen LogP contribution is -3.08. The van der Waals surface area contributed by atoms with Crippen LogP contribution in [0, 0.1) is 11.3 Å². The number of pyridine rings is 1. The highest BCUT2D eigenvalue weighted by Gasteiger charge is 2.20. The van der Waals surface area contributed by atoms with Crippen LogP contribution in [0.5, 0.6) is 0 Å². The summed E-state index contributed by atoms with van der Waals surface area (Å²) in [7, 11) is 2.17. The van der Waals surface area contributed by atoms with Crippen LogP contribution in [0.25, 0.3) is 0 Å². The van der Waals surface area contributed by atoms with E-state index in [1.165, 1.54) is 10.5 Å². The number of fused-ring (bicyclic) bond motifs is 1. The maximum Gasteiger partial charge on any atom is 0.114 e. The maximum absolute atomic E-state index is 9.41. The van der Waals surface area contributed by atoms with Gasteiger partial charge in [-0.2, -0.15) is 5.26 Å². The van der Waals surface area contributed by atoms with Gasteiger partial charge in [0.25, 0.3) is 0 Å². The summed E-state index contributed by atoms with van der Waals surface area (Å²) >= 11 is 13.6. The van der Waals surface area contributed by atoms with Crippen molar-refractivity contribution in [3.05, 3.63) is 56.7 Å². The topological polar surface area (TPSA) is 41.1 Å². The number of benzene rings is 1. The number of thioether (sulfide) groups is 1. The number of nitrogens with zero attached hydrogens (tertiary/aromatic N) is 2. The van der Waals surface area contributed by atoms with Crippen LogP contribution in [-0.4, -0.2) is 18.6 Å². The monoisotopic (exact) mass is 364 g/mol. The molecule has 2 heterocycles. The Balaban J connectivity index is 1.82. The lowest BCUT2D eigenvalue weighted by Gasteiger charge is -2.22. The molecular weight excluding hydrogens is 349 g/mol. The normalized spacial score (nSPS) is 16.7. The van der Waals surface area contributed by atoms with Crippen molar-refractivity contribution >= 4 is 35.0 Å². The largest absolute Gasteiger partial charge is 0.333 e. The number of nitriles is 1. The minimum atomic E-state index is 0.551. The highest BCUT2D eigenvalue weighted by Crippen LogP contribution is 2.29. The SMILES string of the molecule is C[NH+]1CCc2nc(SCc3ccc(Cl)c(Cl)c3)c(C#N)cc2C1. The second-order valence-corrected chi connectivity index (χ2v) is 7.51. The molecule has 0 amide bonds. The van der Waals surface area contributed by atoms with Gasteiger partial charge in [-0.05, 0) is 23.8 Å². The first kappa shape index (κ1) is 16.6. The molecule has 0 spiro atoms. The van der Waals surface area contributed by atoms with Crippen molar-refractivity contribution in [3.63, 3.8) is 0 Å². The first-order valence-corrected chi connectivity index (χ1v) is 9.12. The Hall–Kier alpha value is -1.25. The minimum Gasteiger partial charge on any atom is -0.333 e. The van der Waals surface area contributed by atoms with Crippen LogP contribution in [0.2, 0.25) is 10.0 Å². The number of aromatic nitrogens is 1. The number of likely N-dealkylation sites (N-methyl/N-ethyl adjacent to an activating group) is 1. The number of quaternary nitrogens is 1. The highest BCUT2D eigenvalue weighted by atomic mass is 35.5. The van der Waals surface area contributed by atoms with E-state index in [4.69, 9.17) is 28.2 Å². The molecule has 1 aliphatic rings. The molecule has 0 radical (unpaired) electrons. The van der Waals surface area contributed by atoms with E-state index in [1.807, 2.05) is 18.2 Å². The molecule has 1 aliphatic heterocycles. The molecule has 118 valence electrons. The second kappa shape index (κ2) is 7.11. The standard InChI is InChI=1S/C17H15Cl2N3S/c1-22-5-4-16-13(9-22)7-12(8-20)17(21-16)23-10-11-2-3-14(18)15(19)6-11/h2-3,6-7H,4-5,9-10H2,1H3/p+1. The Kier molecular flexibility index (Phi) is 5.13. The lowest BCUT2D eigenvalue weighted by molar-refractivity contribution is -0.895. The Labute approximate surface area is 150 Å². The average molecular weight is 365 g/mol. The Morgan fingerprint density at radius 3 is 2.87 bits per heavy atom. The van der Waals surface area contributed by atoms with E-state index in [-0.39, 0.29) is 0 Å². The van der Waals surface area contributed by atoms with Gasteiger partial charge in [0.15, 0.2) is 0 Å². The van der Waals surface area contributed by atoms with E-state index >= 15 is 0 Å². The van der Waals surface area contributed by atoms with Gasteiger partial charge in [0.2, 0.25) is 0 Å². The van der Waals surface area contributed by atoms with Crippen molar-refractivity contribution in [2.75, 3.05) is 13.6 Å². The van der Waals surface area contributed by atoms with Gasteiger partial charge in [-0.3, -0.25) is 0 Å². The molecule has 1 atom stereocenters. The third-order valence-electron chi connectivity index (χ3n) is 3.92. The van der Waals surface area contributed by atoms with E-state index in [1.54, 1.807) is 17.8 Å². The van der Waals surface area contributed by atoms with Crippen LogP contribution in [0.1, 0.15) is 22.4 Å². The van der Waals surface area contributed by atoms with Gasteiger partial charge in [-0.15, -0.1) is 11.8 Å². The first-order chi connectivity index (χ1) is 11.1. The van der Waals surface area contributed by atoms with Gasteiger partial charge in [0.1, 0.15) is 17.6 Å². The third-order valence-corrected chi connectivity index (χ3v) is 5.72. The van der Waals surface area contributed by atoms with Gasteiger partial charge in [-0.25, -0.2) is 4.98 Å². The Morgan fingerprint density at radius 2 is 2.13 bits per heavy atom. The number of hydrogen-bond donors (Lipinski definition) is 1. The van der Waals surface area contributed by atoms with E-state index in [0.29, 0.717) is 21.4 Å². The molecule has 0 bridgehead atoms. The van der Waals surface area contributed by atoms with Gasteiger partial charge in [-0.1, -0.05) is 29.3 Å². The van der Waals surface area contributed by atoms with Crippen LogP contribution in [-0.2, 0) is 18.7 Å². The fourth-order valence-electron chi connectivity index (χ4n) is 2.66. The number of nitrogens with one attached hydrogen (secondary N) is 1. The summed E-state index contributed by atoms with van der Waals surface area (Å²) in [4.78, 5) is 6.20. The van der Waals surface area contributed by atoms with Crippen LogP contribution in [0.15, 0.2) is 29.3 Å². The number of halogens is 2. The summed E-state index contributed by atoms with van der Waals surface area (Å²) in [6.45, 7) is 2.03.